The van der Waals surface area contributed by atoms with E-state index in [1.54, 1.807) is 0 Å². The van der Waals surface area contributed by atoms with E-state index in [2.05, 4.69) is 12.2 Å². The van der Waals surface area contributed by atoms with E-state index in [0.29, 0.717) is 0 Å². The molecule has 0 aromatic carbocycles. The van der Waals surface area contributed by atoms with Crippen molar-refractivity contribution >= 4 is 17.5 Å². The van der Waals surface area contributed by atoms with Crippen molar-refractivity contribution in [2.75, 3.05) is 0 Å². The highest BCUT2D eigenvalue weighted by molar-refractivity contribution is 6.32. The van der Waals surface area contributed by atoms with E-state index in [9.17, 15) is 4.79 Å². The van der Waals surface area contributed by atoms with Gasteiger partial charge in [0.05, 0.1) is 0 Å². The Labute approximate surface area is 84.3 Å². The molecule has 1 N–H and O–H groups in total. The Morgan fingerprint density at radius 1 is 1.62 bits per heavy atom. The minimum absolute atomic E-state index is 0.0249. The van der Waals surface area contributed by atoms with Gasteiger partial charge in [-0.3, -0.25) is 4.79 Å². The van der Waals surface area contributed by atoms with Crippen molar-refractivity contribution in [1.82, 2.24) is 5.32 Å². The van der Waals surface area contributed by atoms with Crippen LogP contribution in [0.3, 0.4) is 0 Å². The zero-order chi connectivity index (χ0) is 9.84. The molecule has 1 atom stereocenters. The Morgan fingerprint density at radius 2 is 2.31 bits per heavy atom. The van der Waals surface area contributed by atoms with Crippen LogP contribution in [-0.4, -0.2) is 11.9 Å². The summed E-state index contributed by atoms with van der Waals surface area (Å²) in [6.07, 6.45) is 3.67. The van der Waals surface area contributed by atoms with Crippen LogP contribution >= 0.6 is 11.6 Å². The molecule has 1 rings (SSSR count). The molecule has 0 fully saturated rings. The van der Waals surface area contributed by atoms with Crippen molar-refractivity contribution in [2.45, 2.75) is 45.6 Å². The van der Waals surface area contributed by atoms with Gasteiger partial charge in [-0.15, -0.1) is 0 Å². The summed E-state index contributed by atoms with van der Waals surface area (Å²) in [4.78, 5) is 11.6. The summed E-state index contributed by atoms with van der Waals surface area (Å²) in [6, 6.07) is 0.241. The normalized spacial score (nSPS) is 19.0. The third kappa shape index (κ3) is 2.73. The van der Waals surface area contributed by atoms with Gasteiger partial charge >= 0.3 is 0 Å². The van der Waals surface area contributed by atoms with E-state index >= 15 is 0 Å². The van der Waals surface area contributed by atoms with Crippen LogP contribution in [0.25, 0.3) is 0 Å². The molecule has 13 heavy (non-hydrogen) atoms. The van der Waals surface area contributed by atoms with E-state index in [0.717, 1.165) is 36.3 Å². The summed E-state index contributed by atoms with van der Waals surface area (Å²) in [7, 11) is 0. The van der Waals surface area contributed by atoms with E-state index < -0.39 is 0 Å². The second-order valence-electron chi connectivity index (χ2n) is 3.52. The number of hydrogen-bond acceptors (Lipinski definition) is 1. The highest BCUT2D eigenvalue weighted by Crippen LogP contribution is 2.28. The predicted octanol–water partition coefficient (Wildman–Crippen LogP) is 2.58. The average Bonchev–Trinajstić information content (AvgIpc) is 2.51. The summed E-state index contributed by atoms with van der Waals surface area (Å²) in [5.41, 5.74) is 0.793. The van der Waals surface area contributed by atoms with Gasteiger partial charge in [-0.1, -0.05) is 18.5 Å². The van der Waals surface area contributed by atoms with Crippen molar-refractivity contribution in [3.63, 3.8) is 0 Å². The van der Waals surface area contributed by atoms with Crippen LogP contribution in [0.4, 0.5) is 0 Å². The molecule has 0 aromatic rings. The smallest absolute Gasteiger partial charge is 0.248 e. The predicted molar refractivity (Wildman–Crippen MR) is 54.6 cm³/mol. The quantitative estimate of drug-likeness (QED) is 0.747. The first-order valence-electron chi connectivity index (χ1n) is 4.83. The molecule has 0 saturated carbocycles. The number of rotatable bonds is 3. The van der Waals surface area contributed by atoms with Gasteiger partial charge in [-0.2, -0.15) is 0 Å². The monoisotopic (exact) mass is 201 g/mol. The van der Waals surface area contributed by atoms with Crippen LogP contribution in [0.5, 0.6) is 0 Å². The molecule has 74 valence electrons. The zero-order valence-corrected chi connectivity index (χ0v) is 8.95. The molecule has 0 spiro atoms. The van der Waals surface area contributed by atoms with Gasteiger partial charge in [0.25, 0.3) is 0 Å². The van der Waals surface area contributed by atoms with E-state index in [4.69, 9.17) is 11.6 Å². The highest BCUT2D eigenvalue weighted by atomic mass is 35.5. The van der Waals surface area contributed by atoms with E-state index in [1.807, 2.05) is 6.92 Å². The van der Waals surface area contributed by atoms with Gasteiger partial charge in [0.2, 0.25) is 5.91 Å². The van der Waals surface area contributed by atoms with Gasteiger partial charge in [0.15, 0.2) is 0 Å². The topological polar surface area (TPSA) is 29.1 Å². The van der Waals surface area contributed by atoms with Gasteiger partial charge in [-0.25, -0.2) is 0 Å². The lowest BCUT2D eigenvalue weighted by atomic mass is 10.2. The molecule has 0 bridgehead atoms. The first-order chi connectivity index (χ1) is 6.15. The van der Waals surface area contributed by atoms with Crippen molar-refractivity contribution in [3.8, 4) is 0 Å². The van der Waals surface area contributed by atoms with Crippen LogP contribution in [0.2, 0.25) is 0 Å². The third-order valence-corrected chi connectivity index (χ3v) is 2.83. The van der Waals surface area contributed by atoms with Crippen LogP contribution in [0, 0.1) is 0 Å². The first-order valence-corrected chi connectivity index (χ1v) is 5.21. The van der Waals surface area contributed by atoms with E-state index in [-0.39, 0.29) is 11.9 Å². The lowest BCUT2D eigenvalue weighted by Gasteiger charge is -2.11. The fraction of sp³-hybridized carbons (Fsp3) is 0.700. The summed E-state index contributed by atoms with van der Waals surface area (Å²) in [5, 5.41) is 3.67. The van der Waals surface area contributed by atoms with Crippen LogP contribution in [0.15, 0.2) is 10.6 Å². The third-order valence-electron chi connectivity index (χ3n) is 2.41. The maximum absolute atomic E-state index is 11.6. The fourth-order valence-corrected chi connectivity index (χ4v) is 1.67. The molecule has 0 radical (unpaired) electrons. The SMILES string of the molecule is CCC(C)NC(=O)C1=C(Cl)CCC1. The molecule has 2 nitrogen and oxygen atoms in total. The summed E-state index contributed by atoms with van der Waals surface area (Å²) < 4.78 is 0. The Balaban J connectivity index is 2.53. The fourth-order valence-electron chi connectivity index (χ4n) is 1.36. The second-order valence-corrected chi connectivity index (χ2v) is 3.98. The molecule has 1 aliphatic rings. The number of amides is 1. The average molecular weight is 202 g/mol. The lowest BCUT2D eigenvalue weighted by Crippen LogP contribution is -2.32. The molecule has 1 aliphatic carbocycles. The Morgan fingerprint density at radius 3 is 2.77 bits per heavy atom. The van der Waals surface area contributed by atoms with Gasteiger partial charge in [0.1, 0.15) is 0 Å². The number of halogens is 1. The Bertz CT molecular complexity index is 235. The summed E-state index contributed by atoms with van der Waals surface area (Å²) in [6.45, 7) is 4.05. The van der Waals surface area contributed by atoms with Crippen molar-refractivity contribution in [2.24, 2.45) is 0 Å². The number of nitrogens with one attached hydrogen (secondary N) is 1. The maximum atomic E-state index is 11.6. The Kier molecular flexibility index (Phi) is 3.79. The minimum Gasteiger partial charge on any atom is -0.350 e. The number of hydrogen-bond donors (Lipinski definition) is 1. The highest BCUT2D eigenvalue weighted by Gasteiger charge is 2.19. The zero-order valence-electron chi connectivity index (χ0n) is 8.19. The lowest BCUT2D eigenvalue weighted by molar-refractivity contribution is -0.118. The van der Waals surface area contributed by atoms with E-state index in [1.165, 1.54) is 0 Å². The molecule has 0 heterocycles. The van der Waals surface area contributed by atoms with Crippen LogP contribution < -0.4 is 5.32 Å². The molecule has 0 aliphatic heterocycles. The molecule has 3 heteroatoms. The van der Waals surface area contributed by atoms with Crippen molar-refractivity contribution < 1.29 is 4.79 Å². The first kappa shape index (κ1) is 10.6. The van der Waals surface area contributed by atoms with Crippen LogP contribution in [-0.2, 0) is 4.79 Å². The molecular formula is C10H16ClNO. The van der Waals surface area contributed by atoms with Gasteiger partial charge in [0, 0.05) is 16.6 Å². The van der Waals surface area contributed by atoms with Crippen LogP contribution in [0.1, 0.15) is 39.5 Å². The molecular weight excluding hydrogens is 186 g/mol. The van der Waals surface area contributed by atoms with Gasteiger partial charge in [-0.05, 0) is 32.6 Å². The largest absolute Gasteiger partial charge is 0.350 e. The van der Waals surface area contributed by atoms with Crippen molar-refractivity contribution in [1.29, 1.82) is 0 Å². The van der Waals surface area contributed by atoms with Gasteiger partial charge < -0.3 is 5.32 Å². The molecule has 0 saturated heterocycles. The number of allylic oxidation sites excluding steroid dienone is 1. The second kappa shape index (κ2) is 4.66. The molecule has 0 aromatic heterocycles. The standard InChI is InChI=1S/C10H16ClNO/c1-3-7(2)12-10(13)8-5-4-6-9(8)11/h7H,3-6H2,1-2H3,(H,12,13). The Hall–Kier alpha value is -0.500. The summed E-state index contributed by atoms with van der Waals surface area (Å²) in [5.74, 6) is 0.0249. The summed E-state index contributed by atoms with van der Waals surface area (Å²) >= 11 is 5.92. The van der Waals surface area contributed by atoms with Crippen molar-refractivity contribution in [3.05, 3.63) is 10.6 Å². The number of carbonyl (C=O) groups is 1. The molecule has 1 unspecified atom stereocenters. The maximum Gasteiger partial charge on any atom is 0.248 e. The minimum atomic E-state index is 0.0249. The molecule has 1 amide bonds. The number of carbonyl (C=O) groups excluding carboxylic acids is 1.